The van der Waals surface area contributed by atoms with Crippen molar-refractivity contribution < 1.29 is 9.53 Å². The largest absolute Gasteiger partial charge is 0.375 e. The molecule has 0 fully saturated rings. The average molecular weight is 308 g/mol. The molecular weight excluding hydrogens is 288 g/mol. The summed E-state index contributed by atoms with van der Waals surface area (Å²) < 4.78 is 5.65. The first-order chi connectivity index (χ1) is 11.2. The smallest absolute Gasteiger partial charge is 0.268 e. The van der Waals surface area contributed by atoms with Crippen LogP contribution < -0.4 is 5.32 Å². The van der Waals surface area contributed by atoms with Crippen molar-refractivity contribution in [1.29, 1.82) is 0 Å². The van der Waals surface area contributed by atoms with Gasteiger partial charge in [-0.3, -0.25) is 4.79 Å². The van der Waals surface area contributed by atoms with Crippen molar-refractivity contribution in [1.82, 2.24) is 10.3 Å². The predicted octanol–water partition coefficient (Wildman–Crippen LogP) is 3.50. The van der Waals surface area contributed by atoms with Gasteiger partial charge >= 0.3 is 0 Å². The molecule has 4 nitrogen and oxygen atoms in total. The fraction of sp³-hybridized carbons (Fsp3) is 0.211. The molecule has 0 saturated carbocycles. The lowest BCUT2D eigenvalue weighted by molar-refractivity contribution is 0.0817. The van der Waals surface area contributed by atoms with Crippen molar-refractivity contribution in [3.8, 4) is 0 Å². The van der Waals surface area contributed by atoms with E-state index >= 15 is 0 Å². The summed E-state index contributed by atoms with van der Waals surface area (Å²) >= 11 is 0. The summed E-state index contributed by atoms with van der Waals surface area (Å²) in [5.41, 5.74) is 2.66. The molecule has 1 amide bonds. The van der Waals surface area contributed by atoms with Crippen LogP contribution in [0.25, 0.3) is 10.9 Å². The maximum Gasteiger partial charge on any atom is 0.268 e. The summed E-state index contributed by atoms with van der Waals surface area (Å²) in [6.07, 6.45) is 0. The molecule has 0 radical (unpaired) electrons. The van der Waals surface area contributed by atoms with Gasteiger partial charge in [0.2, 0.25) is 0 Å². The van der Waals surface area contributed by atoms with Crippen molar-refractivity contribution >= 4 is 16.8 Å². The molecule has 2 aromatic carbocycles. The number of aromatic nitrogens is 1. The Morgan fingerprint density at radius 3 is 2.65 bits per heavy atom. The van der Waals surface area contributed by atoms with E-state index in [1.165, 1.54) is 0 Å². The van der Waals surface area contributed by atoms with Crippen LogP contribution in [0.15, 0.2) is 60.7 Å². The molecule has 1 atom stereocenters. The third-order valence-corrected chi connectivity index (χ3v) is 3.63. The van der Waals surface area contributed by atoms with E-state index in [0.29, 0.717) is 18.9 Å². The maximum absolute atomic E-state index is 12.3. The zero-order valence-electron chi connectivity index (χ0n) is 13.1. The summed E-state index contributed by atoms with van der Waals surface area (Å²) in [5.74, 6) is -0.114. The molecule has 0 aliphatic rings. The molecule has 3 aromatic rings. The van der Waals surface area contributed by atoms with Crippen LogP contribution in [0.5, 0.6) is 0 Å². The Kier molecular flexibility index (Phi) is 4.74. The van der Waals surface area contributed by atoms with E-state index in [4.69, 9.17) is 4.74 Å². The summed E-state index contributed by atoms with van der Waals surface area (Å²) in [6, 6.07) is 19.6. The number of amides is 1. The monoisotopic (exact) mass is 308 g/mol. The lowest BCUT2D eigenvalue weighted by Gasteiger charge is -2.13. The number of hydrogen-bond donors (Lipinski definition) is 2. The van der Waals surface area contributed by atoms with Gasteiger partial charge in [-0.1, -0.05) is 48.5 Å². The van der Waals surface area contributed by atoms with E-state index < -0.39 is 0 Å². The normalized spacial score (nSPS) is 12.2. The van der Waals surface area contributed by atoms with Crippen molar-refractivity contribution in [3.05, 3.63) is 71.9 Å². The molecule has 0 saturated heterocycles. The van der Waals surface area contributed by atoms with Crippen LogP contribution in [0.4, 0.5) is 0 Å². The van der Waals surface area contributed by atoms with Gasteiger partial charge in [0.15, 0.2) is 0 Å². The number of carbonyl (C=O) groups excluding carboxylic acids is 1. The molecule has 23 heavy (non-hydrogen) atoms. The molecule has 3 rings (SSSR count). The molecule has 1 aromatic heterocycles. The topological polar surface area (TPSA) is 54.1 Å². The van der Waals surface area contributed by atoms with Gasteiger partial charge in [-0.25, -0.2) is 0 Å². The Morgan fingerprint density at radius 1 is 1.13 bits per heavy atom. The minimum Gasteiger partial charge on any atom is -0.375 e. The number of H-pyrrole nitrogens is 1. The molecule has 4 heteroatoms. The minimum absolute atomic E-state index is 0.0578. The van der Waals surface area contributed by atoms with E-state index in [1.54, 1.807) is 0 Å². The van der Waals surface area contributed by atoms with Crippen LogP contribution in [0, 0.1) is 0 Å². The standard InChI is InChI=1S/C19H20N2O2/c1-14(12-23-13-15-7-3-2-4-8-15)20-19(22)18-11-16-9-5-6-10-17(16)21-18/h2-11,14,21H,12-13H2,1H3,(H,20,22). The van der Waals surface area contributed by atoms with E-state index in [2.05, 4.69) is 10.3 Å². The van der Waals surface area contributed by atoms with E-state index in [-0.39, 0.29) is 11.9 Å². The molecule has 1 unspecified atom stereocenters. The highest BCUT2D eigenvalue weighted by molar-refractivity contribution is 5.98. The fourth-order valence-corrected chi connectivity index (χ4v) is 2.47. The van der Waals surface area contributed by atoms with Gasteiger partial charge in [-0.2, -0.15) is 0 Å². The molecular formula is C19H20N2O2. The molecule has 2 N–H and O–H groups in total. The zero-order chi connectivity index (χ0) is 16.1. The highest BCUT2D eigenvalue weighted by atomic mass is 16.5. The zero-order valence-corrected chi connectivity index (χ0v) is 13.1. The predicted molar refractivity (Wildman–Crippen MR) is 91.3 cm³/mol. The van der Waals surface area contributed by atoms with Gasteiger partial charge in [0, 0.05) is 16.9 Å². The Labute approximate surface area is 135 Å². The van der Waals surface area contributed by atoms with Gasteiger partial charge in [0.1, 0.15) is 5.69 Å². The number of benzene rings is 2. The number of fused-ring (bicyclic) bond motifs is 1. The number of nitrogens with one attached hydrogen (secondary N) is 2. The second-order valence-electron chi connectivity index (χ2n) is 5.65. The van der Waals surface area contributed by atoms with Crippen LogP contribution in [0.3, 0.4) is 0 Å². The molecule has 0 bridgehead atoms. The first-order valence-corrected chi connectivity index (χ1v) is 7.72. The second kappa shape index (κ2) is 7.11. The molecule has 0 aliphatic carbocycles. The van der Waals surface area contributed by atoms with E-state index in [0.717, 1.165) is 16.5 Å². The van der Waals surface area contributed by atoms with Gasteiger partial charge in [0.25, 0.3) is 5.91 Å². The number of ether oxygens (including phenoxy) is 1. The van der Waals surface area contributed by atoms with Gasteiger partial charge in [-0.05, 0) is 24.6 Å². The summed E-state index contributed by atoms with van der Waals surface area (Å²) in [7, 11) is 0. The Bertz CT molecular complexity index is 747. The number of hydrogen-bond acceptors (Lipinski definition) is 2. The average Bonchev–Trinajstić information content (AvgIpc) is 3.00. The van der Waals surface area contributed by atoms with Crippen LogP contribution >= 0.6 is 0 Å². The Morgan fingerprint density at radius 2 is 1.87 bits per heavy atom. The molecule has 118 valence electrons. The van der Waals surface area contributed by atoms with Gasteiger partial charge in [0.05, 0.1) is 13.2 Å². The fourth-order valence-electron chi connectivity index (χ4n) is 2.47. The highest BCUT2D eigenvalue weighted by Crippen LogP contribution is 2.14. The van der Waals surface area contributed by atoms with Crippen molar-refractivity contribution in [3.63, 3.8) is 0 Å². The number of aromatic amines is 1. The van der Waals surface area contributed by atoms with Crippen LogP contribution in [-0.4, -0.2) is 23.5 Å². The first-order valence-electron chi connectivity index (χ1n) is 7.72. The number of rotatable bonds is 6. The van der Waals surface area contributed by atoms with E-state index in [9.17, 15) is 4.79 Å². The second-order valence-corrected chi connectivity index (χ2v) is 5.65. The van der Waals surface area contributed by atoms with Gasteiger partial charge < -0.3 is 15.0 Å². The third kappa shape index (κ3) is 3.99. The SMILES string of the molecule is CC(COCc1ccccc1)NC(=O)c1cc2ccccc2[nH]1. The molecule has 0 aliphatic heterocycles. The highest BCUT2D eigenvalue weighted by Gasteiger charge is 2.12. The number of para-hydroxylation sites is 1. The van der Waals surface area contributed by atoms with Gasteiger partial charge in [-0.15, -0.1) is 0 Å². The van der Waals surface area contributed by atoms with E-state index in [1.807, 2.05) is 67.6 Å². The van der Waals surface area contributed by atoms with Crippen LogP contribution in [-0.2, 0) is 11.3 Å². The van der Waals surface area contributed by atoms with Crippen molar-refractivity contribution in [2.24, 2.45) is 0 Å². The van der Waals surface area contributed by atoms with Crippen LogP contribution in [0.2, 0.25) is 0 Å². The lowest BCUT2D eigenvalue weighted by Crippen LogP contribution is -2.36. The summed E-state index contributed by atoms with van der Waals surface area (Å²) in [5, 5.41) is 3.98. The Hall–Kier alpha value is -2.59. The summed E-state index contributed by atoms with van der Waals surface area (Å²) in [4.78, 5) is 15.4. The first kappa shape index (κ1) is 15.3. The number of carbonyl (C=O) groups is 1. The van der Waals surface area contributed by atoms with Crippen molar-refractivity contribution in [2.45, 2.75) is 19.6 Å². The summed E-state index contributed by atoms with van der Waals surface area (Å²) in [6.45, 7) is 2.96. The molecule has 0 spiro atoms. The lowest BCUT2D eigenvalue weighted by atomic mass is 10.2. The maximum atomic E-state index is 12.3. The third-order valence-electron chi connectivity index (χ3n) is 3.63. The molecule has 1 heterocycles. The minimum atomic E-state index is -0.114. The van der Waals surface area contributed by atoms with Crippen LogP contribution in [0.1, 0.15) is 23.0 Å². The van der Waals surface area contributed by atoms with Crippen molar-refractivity contribution in [2.75, 3.05) is 6.61 Å². The Balaban J connectivity index is 1.51. The quantitative estimate of drug-likeness (QED) is 0.732.